The van der Waals surface area contributed by atoms with Gasteiger partial charge in [0.2, 0.25) is 17.7 Å². The number of nitrogens with zero attached hydrogens (tertiary/aromatic N) is 3. The number of aliphatic hydroxyl groups is 1. The highest BCUT2D eigenvalue weighted by molar-refractivity contribution is 9.09. The van der Waals surface area contributed by atoms with E-state index in [0.29, 0.717) is 26.1 Å². The molecular weight excluding hydrogens is 566 g/mol. The molecule has 2 bridgehead atoms. The van der Waals surface area contributed by atoms with E-state index >= 15 is 0 Å². The Morgan fingerprint density at radius 2 is 1.79 bits per heavy atom. The van der Waals surface area contributed by atoms with Crippen LogP contribution in [0.4, 0.5) is 0 Å². The molecular formula is C29H44BrN3O4S. The van der Waals surface area contributed by atoms with Crippen molar-refractivity contribution in [2.75, 3.05) is 33.3 Å². The molecule has 3 heterocycles. The van der Waals surface area contributed by atoms with Crippen LogP contribution in [-0.2, 0) is 14.4 Å². The van der Waals surface area contributed by atoms with Gasteiger partial charge in [0.15, 0.2) is 0 Å². The van der Waals surface area contributed by atoms with Gasteiger partial charge in [-0.3, -0.25) is 14.4 Å². The molecule has 38 heavy (non-hydrogen) atoms. The number of amides is 3. The minimum Gasteiger partial charge on any atom is -0.396 e. The van der Waals surface area contributed by atoms with Crippen LogP contribution >= 0.6 is 27.7 Å². The summed E-state index contributed by atoms with van der Waals surface area (Å²) in [7, 11) is 1.77. The highest BCUT2D eigenvalue weighted by atomic mass is 79.9. The number of carbonyl (C=O) groups is 3. The number of hydrogen-bond acceptors (Lipinski definition) is 5. The van der Waals surface area contributed by atoms with Gasteiger partial charge in [-0.05, 0) is 32.1 Å². The van der Waals surface area contributed by atoms with Gasteiger partial charge in [0.05, 0.1) is 16.6 Å². The second-order valence-electron chi connectivity index (χ2n) is 11.4. The first kappa shape index (κ1) is 29.7. The SMILES string of the molecule is C=CCN(C)C(=O)[C@H]1[C@@H]2SC3(CC2Br)C(C(=O)N(CC=C)C2CCCCC2)N(CCCCCCO)C(=O)[C@H]13. The number of fused-ring (bicyclic) bond motifs is 1. The number of carbonyl (C=O) groups excluding carboxylic acids is 3. The number of unbranched alkanes of at least 4 members (excludes halogenated alkanes) is 3. The maximum atomic E-state index is 14.6. The van der Waals surface area contributed by atoms with Gasteiger partial charge in [-0.1, -0.05) is 60.2 Å². The zero-order valence-electron chi connectivity index (χ0n) is 22.7. The summed E-state index contributed by atoms with van der Waals surface area (Å²) in [4.78, 5) is 48.1. The second-order valence-corrected chi connectivity index (χ2v) is 14.1. The standard InChI is InChI=1S/C29H44BrN3O4S/c1-4-15-31(3)26(35)22-23-27(36)33(17-11-6-7-12-18-34)25(29(23)19-21(30)24(22)38-29)28(37)32(16-5-2)20-13-9-8-10-14-20/h4-5,20-25,34H,1-2,6-19H2,3H3/t21?,22-,23+,24-,25?,29?/m1/s1. The van der Waals surface area contributed by atoms with Crippen LogP contribution < -0.4 is 0 Å². The van der Waals surface area contributed by atoms with Crippen molar-refractivity contribution in [1.82, 2.24) is 14.7 Å². The summed E-state index contributed by atoms with van der Waals surface area (Å²) < 4.78 is -0.610. The third-order valence-electron chi connectivity index (χ3n) is 9.02. The summed E-state index contributed by atoms with van der Waals surface area (Å²) in [5.74, 6) is -0.976. The van der Waals surface area contributed by atoms with Crippen molar-refractivity contribution < 1.29 is 19.5 Å². The van der Waals surface area contributed by atoms with Crippen molar-refractivity contribution in [3.05, 3.63) is 25.3 Å². The maximum Gasteiger partial charge on any atom is 0.247 e. The first-order valence-corrected chi connectivity index (χ1v) is 16.1. The van der Waals surface area contributed by atoms with Crippen LogP contribution in [0, 0.1) is 11.8 Å². The van der Waals surface area contributed by atoms with E-state index in [2.05, 4.69) is 29.1 Å². The fraction of sp³-hybridized carbons (Fsp3) is 0.759. The lowest BCUT2D eigenvalue weighted by Gasteiger charge is -2.41. The summed E-state index contributed by atoms with van der Waals surface area (Å²) in [6, 6.07) is -0.400. The lowest BCUT2D eigenvalue weighted by molar-refractivity contribution is -0.145. The first-order valence-electron chi connectivity index (χ1n) is 14.3. The topological polar surface area (TPSA) is 81.2 Å². The average Bonchev–Trinajstić information content (AvgIpc) is 3.50. The Bertz CT molecular complexity index is 912. The Morgan fingerprint density at radius 1 is 1.11 bits per heavy atom. The van der Waals surface area contributed by atoms with E-state index in [9.17, 15) is 14.4 Å². The molecule has 0 aromatic rings. The largest absolute Gasteiger partial charge is 0.396 e. The van der Waals surface area contributed by atoms with Gasteiger partial charge < -0.3 is 19.8 Å². The molecule has 4 rings (SSSR count). The van der Waals surface area contributed by atoms with Gasteiger partial charge in [0, 0.05) is 49.4 Å². The van der Waals surface area contributed by atoms with Crippen LogP contribution in [0.5, 0.6) is 0 Å². The quantitative estimate of drug-likeness (QED) is 0.194. The van der Waals surface area contributed by atoms with Crippen LogP contribution in [0.15, 0.2) is 25.3 Å². The molecule has 6 atom stereocenters. The van der Waals surface area contributed by atoms with E-state index < -0.39 is 22.6 Å². The van der Waals surface area contributed by atoms with E-state index in [-0.39, 0.29) is 40.4 Å². The Morgan fingerprint density at radius 3 is 2.45 bits per heavy atom. The van der Waals surface area contributed by atoms with E-state index in [1.807, 2.05) is 9.80 Å². The van der Waals surface area contributed by atoms with Gasteiger partial charge in [-0.25, -0.2) is 0 Å². The van der Waals surface area contributed by atoms with Crippen LogP contribution in [-0.4, -0.2) is 97.7 Å². The van der Waals surface area contributed by atoms with E-state index in [0.717, 1.165) is 51.4 Å². The molecule has 1 spiro atoms. The lowest BCUT2D eigenvalue weighted by Crippen LogP contribution is -2.57. The van der Waals surface area contributed by atoms with Gasteiger partial charge in [-0.2, -0.15) is 0 Å². The minimum absolute atomic E-state index is 0.0296. The number of rotatable bonds is 13. The zero-order chi connectivity index (χ0) is 27.4. The molecule has 0 radical (unpaired) electrons. The summed E-state index contributed by atoms with van der Waals surface area (Å²) >= 11 is 5.57. The monoisotopic (exact) mass is 609 g/mol. The number of hydrogen-bond donors (Lipinski definition) is 1. The molecule has 9 heteroatoms. The van der Waals surface area contributed by atoms with Gasteiger partial charge in [-0.15, -0.1) is 24.9 Å². The highest BCUT2D eigenvalue weighted by Crippen LogP contribution is 2.68. The van der Waals surface area contributed by atoms with Crippen molar-refractivity contribution in [2.24, 2.45) is 11.8 Å². The average molecular weight is 611 g/mol. The molecule has 3 aliphatic heterocycles. The van der Waals surface area contributed by atoms with Crippen molar-refractivity contribution in [3.8, 4) is 0 Å². The molecule has 4 aliphatic rings. The summed E-state index contributed by atoms with van der Waals surface area (Å²) in [5.41, 5.74) is 0. The summed E-state index contributed by atoms with van der Waals surface area (Å²) in [6.45, 7) is 9.31. The zero-order valence-corrected chi connectivity index (χ0v) is 25.1. The molecule has 212 valence electrons. The predicted octanol–water partition coefficient (Wildman–Crippen LogP) is 4.00. The summed E-state index contributed by atoms with van der Waals surface area (Å²) in [6.07, 6.45) is 12.9. The normalized spacial score (nSPS) is 32.3. The molecule has 0 aromatic carbocycles. The second kappa shape index (κ2) is 12.9. The van der Waals surface area contributed by atoms with Crippen molar-refractivity contribution >= 4 is 45.4 Å². The van der Waals surface area contributed by atoms with Crippen LogP contribution in [0.25, 0.3) is 0 Å². The fourth-order valence-electron chi connectivity index (χ4n) is 7.33. The molecule has 7 nitrogen and oxygen atoms in total. The third-order valence-corrected chi connectivity index (χ3v) is 12.2. The molecule has 4 fully saturated rings. The van der Waals surface area contributed by atoms with Crippen molar-refractivity contribution in [2.45, 2.75) is 91.1 Å². The Balaban J connectivity index is 1.69. The Labute approximate surface area is 240 Å². The molecule has 1 N–H and O–H groups in total. The van der Waals surface area contributed by atoms with E-state index in [1.54, 1.807) is 35.9 Å². The Kier molecular flexibility index (Phi) is 10.1. The fourth-order valence-corrected chi connectivity index (χ4v) is 10.9. The molecule has 0 aromatic heterocycles. The van der Waals surface area contributed by atoms with E-state index in [4.69, 9.17) is 5.11 Å². The van der Waals surface area contributed by atoms with Crippen LogP contribution in [0.1, 0.15) is 64.2 Å². The smallest absolute Gasteiger partial charge is 0.247 e. The molecule has 3 unspecified atom stereocenters. The Hall–Kier alpha value is -1.32. The van der Waals surface area contributed by atoms with Crippen molar-refractivity contribution in [3.63, 3.8) is 0 Å². The van der Waals surface area contributed by atoms with Gasteiger partial charge in [0.1, 0.15) is 6.04 Å². The number of alkyl halides is 1. The predicted molar refractivity (Wildman–Crippen MR) is 156 cm³/mol. The molecule has 3 saturated heterocycles. The number of thioether (sulfide) groups is 1. The lowest BCUT2D eigenvalue weighted by atomic mass is 9.70. The third kappa shape index (κ3) is 5.36. The number of likely N-dealkylation sites (tertiary alicyclic amines) is 1. The first-order chi connectivity index (χ1) is 18.3. The van der Waals surface area contributed by atoms with Gasteiger partial charge in [0.25, 0.3) is 0 Å². The molecule has 1 saturated carbocycles. The van der Waals surface area contributed by atoms with Crippen LogP contribution in [0.2, 0.25) is 0 Å². The number of halogens is 1. The summed E-state index contributed by atoms with van der Waals surface area (Å²) in [5, 5.41) is 9.13. The van der Waals surface area contributed by atoms with Gasteiger partial charge >= 0.3 is 0 Å². The maximum absolute atomic E-state index is 14.6. The molecule has 1 aliphatic carbocycles. The minimum atomic E-state index is -0.610. The highest BCUT2D eigenvalue weighted by Gasteiger charge is 2.76. The molecule has 3 amide bonds. The van der Waals surface area contributed by atoms with Crippen molar-refractivity contribution in [1.29, 1.82) is 0 Å². The number of aliphatic hydroxyl groups excluding tert-OH is 1. The van der Waals surface area contributed by atoms with E-state index in [1.165, 1.54) is 6.42 Å². The number of likely N-dealkylation sites (N-methyl/N-ethyl adjacent to an activating group) is 1. The van der Waals surface area contributed by atoms with Crippen LogP contribution in [0.3, 0.4) is 0 Å².